The van der Waals surface area contributed by atoms with Crippen molar-refractivity contribution in [1.82, 2.24) is 9.55 Å². The van der Waals surface area contributed by atoms with Crippen LogP contribution in [-0.4, -0.2) is 15.8 Å². The molecule has 1 atom stereocenters. The molecule has 2 aromatic heterocycles. The van der Waals surface area contributed by atoms with E-state index in [1.54, 1.807) is 43.3 Å². The molecule has 0 aliphatic heterocycles. The number of halogens is 1. The zero-order valence-corrected chi connectivity index (χ0v) is 16.3. The molecular formula is C19H17ClN4O2S. The SMILES string of the molecule is CSCn1c(C#N)ccc(N[C@@H](C)c2cc3cc(Cl)ccc3[nH]c2=O)c1=O. The predicted octanol–water partition coefficient (Wildman–Crippen LogP) is 3.71. The number of rotatable bonds is 5. The Kier molecular flexibility index (Phi) is 5.59. The molecule has 3 rings (SSSR count). The molecule has 0 amide bonds. The number of anilines is 1. The Balaban J connectivity index is 2.00. The average Bonchev–Trinajstić information content (AvgIpc) is 2.65. The Morgan fingerprint density at radius 3 is 2.78 bits per heavy atom. The number of nitrogens with one attached hydrogen (secondary N) is 2. The van der Waals surface area contributed by atoms with Crippen molar-refractivity contribution in [1.29, 1.82) is 5.26 Å². The zero-order chi connectivity index (χ0) is 19.6. The number of aromatic amines is 1. The lowest BCUT2D eigenvalue weighted by atomic mass is 10.1. The van der Waals surface area contributed by atoms with Crippen LogP contribution in [0.1, 0.15) is 24.2 Å². The standard InChI is InChI=1S/C19H17ClN4O2S/c1-11(15-8-12-7-13(20)3-5-16(12)23-18(15)25)22-17-6-4-14(9-21)24(10-27-2)19(17)26/h3-8,11,22H,10H2,1-2H3,(H,23,25)/t11-/m0/s1. The van der Waals surface area contributed by atoms with E-state index >= 15 is 0 Å². The molecule has 1 aromatic carbocycles. The highest BCUT2D eigenvalue weighted by Crippen LogP contribution is 2.21. The Morgan fingerprint density at radius 2 is 2.07 bits per heavy atom. The first kappa shape index (κ1) is 19.1. The summed E-state index contributed by atoms with van der Waals surface area (Å²) in [5, 5.41) is 13.7. The van der Waals surface area contributed by atoms with Gasteiger partial charge in [0.25, 0.3) is 11.1 Å². The summed E-state index contributed by atoms with van der Waals surface area (Å²) in [5.41, 5.74) is 1.29. The summed E-state index contributed by atoms with van der Waals surface area (Å²) in [6.07, 6.45) is 1.86. The first-order valence-corrected chi connectivity index (χ1v) is 9.93. The molecule has 6 nitrogen and oxygen atoms in total. The number of thioether (sulfide) groups is 1. The Morgan fingerprint density at radius 1 is 1.30 bits per heavy atom. The second-order valence-electron chi connectivity index (χ2n) is 6.05. The quantitative estimate of drug-likeness (QED) is 0.681. The van der Waals surface area contributed by atoms with Gasteiger partial charge in [0.15, 0.2) is 0 Å². The number of hydrogen-bond acceptors (Lipinski definition) is 5. The monoisotopic (exact) mass is 400 g/mol. The molecule has 3 aromatic rings. The highest BCUT2D eigenvalue weighted by molar-refractivity contribution is 7.97. The van der Waals surface area contributed by atoms with Crippen LogP contribution in [0.15, 0.2) is 46.0 Å². The first-order chi connectivity index (χ1) is 12.9. The van der Waals surface area contributed by atoms with Crippen LogP contribution in [0.25, 0.3) is 10.9 Å². The third kappa shape index (κ3) is 3.87. The number of nitriles is 1. The maximum atomic E-state index is 12.7. The van der Waals surface area contributed by atoms with Gasteiger partial charge >= 0.3 is 0 Å². The number of H-pyrrole nitrogens is 1. The lowest BCUT2D eigenvalue weighted by molar-refractivity contribution is 0.807. The molecule has 0 aliphatic carbocycles. The van der Waals surface area contributed by atoms with Crippen molar-refractivity contribution in [3.05, 3.63) is 73.4 Å². The normalized spacial score (nSPS) is 11.9. The molecule has 0 bridgehead atoms. The fraction of sp³-hybridized carbons (Fsp3) is 0.211. The van der Waals surface area contributed by atoms with Crippen LogP contribution in [0.5, 0.6) is 0 Å². The van der Waals surface area contributed by atoms with Gasteiger partial charge in [0.1, 0.15) is 17.5 Å². The molecule has 0 aliphatic rings. The Bertz CT molecular complexity index is 1160. The summed E-state index contributed by atoms with van der Waals surface area (Å²) in [4.78, 5) is 28.0. The van der Waals surface area contributed by atoms with E-state index in [0.717, 1.165) is 5.39 Å². The first-order valence-electron chi connectivity index (χ1n) is 8.16. The van der Waals surface area contributed by atoms with E-state index < -0.39 is 6.04 Å². The van der Waals surface area contributed by atoms with Crippen molar-refractivity contribution < 1.29 is 0 Å². The molecule has 2 N–H and O–H groups in total. The Labute approximate surface area is 164 Å². The minimum absolute atomic E-state index is 0.233. The van der Waals surface area contributed by atoms with Crippen molar-refractivity contribution in [2.24, 2.45) is 0 Å². The molecule has 2 heterocycles. The van der Waals surface area contributed by atoms with Crippen molar-refractivity contribution in [3.8, 4) is 6.07 Å². The molecule has 0 spiro atoms. The van der Waals surface area contributed by atoms with Crippen LogP contribution in [-0.2, 0) is 5.88 Å². The summed E-state index contributed by atoms with van der Waals surface area (Å²) in [6, 6.07) is 11.8. The third-order valence-corrected chi connectivity index (χ3v) is 4.97. The van der Waals surface area contributed by atoms with Gasteiger partial charge in [-0.3, -0.25) is 14.2 Å². The van der Waals surface area contributed by atoms with E-state index in [0.29, 0.717) is 33.4 Å². The van der Waals surface area contributed by atoms with Crippen LogP contribution in [0.3, 0.4) is 0 Å². The summed E-state index contributed by atoms with van der Waals surface area (Å²) < 4.78 is 1.41. The number of fused-ring (bicyclic) bond motifs is 1. The third-order valence-electron chi connectivity index (χ3n) is 4.22. The topological polar surface area (TPSA) is 90.7 Å². The number of benzene rings is 1. The molecular weight excluding hydrogens is 384 g/mol. The lowest BCUT2D eigenvalue weighted by Crippen LogP contribution is -2.27. The van der Waals surface area contributed by atoms with Gasteiger partial charge in [-0.1, -0.05) is 11.6 Å². The second-order valence-corrected chi connectivity index (χ2v) is 7.32. The van der Waals surface area contributed by atoms with Crippen LogP contribution in [0.2, 0.25) is 5.02 Å². The van der Waals surface area contributed by atoms with Gasteiger partial charge in [0.05, 0.1) is 11.9 Å². The summed E-state index contributed by atoms with van der Waals surface area (Å²) in [5.74, 6) is 0.376. The Hall–Kier alpha value is -2.69. The van der Waals surface area contributed by atoms with E-state index in [1.165, 1.54) is 16.3 Å². The summed E-state index contributed by atoms with van der Waals surface area (Å²) >= 11 is 7.48. The number of nitrogens with zero attached hydrogens (tertiary/aromatic N) is 2. The van der Waals surface area contributed by atoms with E-state index in [1.807, 2.05) is 12.3 Å². The van der Waals surface area contributed by atoms with Gasteiger partial charge in [-0.25, -0.2) is 0 Å². The maximum Gasteiger partial charge on any atom is 0.275 e. The number of hydrogen-bond donors (Lipinski definition) is 2. The maximum absolute atomic E-state index is 12.7. The number of pyridine rings is 2. The van der Waals surface area contributed by atoms with Gasteiger partial charge in [-0.2, -0.15) is 5.26 Å². The molecule has 8 heteroatoms. The smallest absolute Gasteiger partial charge is 0.275 e. The highest BCUT2D eigenvalue weighted by Gasteiger charge is 2.15. The van der Waals surface area contributed by atoms with E-state index in [2.05, 4.69) is 10.3 Å². The molecule has 0 radical (unpaired) electrons. The minimum Gasteiger partial charge on any atom is -0.374 e. The van der Waals surface area contributed by atoms with Crippen molar-refractivity contribution >= 4 is 40.0 Å². The molecule has 138 valence electrons. The minimum atomic E-state index is -0.416. The van der Waals surface area contributed by atoms with Gasteiger partial charge < -0.3 is 10.3 Å². The predicted molar refractivity (Wildman–Crippen MR) is 111 cm³/mol. The van der Waals surface area contributed by atoms with Crippen molar-refractivity contribution in [3.63, 3.8) is 0 Å². The fourth-order valence-electron chi connectivity index (χ4n) is 2.87. The summed E-state index contributed by atoms with van der Waals surface area (Å²) in [7, 11) is 0. The lowest BCUT2D eigenvalue weighted by Gasteiger charge is -2.17. The van der Waals surface area contributed by atoms with Gasteiger partial charge in [-0.05, 0) is 49.6 Å². The zero-order valence-electron chi connectivity index (χ0n) is 14.7. The van der Waals surface area contributed by atoms with Crippen molar-refractivity contribution in [2.45, 2.75) is 18.8 Å². The van der Waals surface area contributed by atoms with E-state index in [-0.39, 0.29) is 11.1 Å². The van der Waals surface area contributed by atoms with Crippen LogP contribution >= 0.6 is 23.4 Å². The molecule has 0 saturated heterocycles. The second kappa shape index (κ2) is 7.91. The summed E-state index contributed by atoms with van der Waals surface area (Å²) in [6.45, 7) is 1.80. The van der Waals surface area contributed by atoms with E-state index in [4.69, 9.17) is 11.6 Å². The molecule has 0 fully saturated rings. The average molecular weight is 401 g/mol. The van der Waals surface area contributed by atoms with Gasteiger partial charge in [-0.15, -0.1) is 11.8 Å². The largest absolute Gasteiger partial charge is 0.374 e. The van der Waals surface area contributed by atoms with E-state index in [9.17, 15) is 14.9 Å². The van der Waals surface area contributed by atoms with Gasteiger partial charge in [0.2, 0.25) is 0 Å². The molecule has 0 saturated carbocycles. The highest BCUT2D eigenvalue weighted by atomic mass is 35.5. The number of aromatic nitrogens is 2. The molecule has 27 heavy (non-hydrogen) atoms. The van der Waals surface area contributed by atoms with Crippen LogP contribution < -0.4 is 16.4 Å². The molecule has 0 unspecified atom stereocenters. The van der Waals surface area contributed by atoms with Crippen molar-refractivity contribution in [2.75, 3.05) is 11.6 Å². The van der Waals surface area contributed by atoms with Crippen LogP contribution in [0.4, 0.5) is 5.69 Å². The fourth-order valence-corrected chi connectivity index (χ4v) is 3.57. The van der Waals surface area contributed by atoms with Crippen LogP contribution in [0, 0.1) is 11.3 Å². The van der Waals surface area contributed by atoms with Gasteiger partial charge in [0, 0.05) is 21.5 Å².